The van der Waals surface area contributed by atoms with E-state index >= 15 is 0 Å². The quantitative estimate of drug-likeness (QED) is 0.394. The van der Waals surface area contributed by atoms with Crippen molar-refractivity contribution in [2.45, 2.75) is 6.54 Å². The Labute approximate surface area is 192 Å². The highest BCUT2D eigenvalue weighted by Gasteiger charge is 2.19. The predicted molar refractivity (Wildman–Crippen MR) is 125 cm³/mol. The van der Waals surface area contributed by atoms with Crippen molar-refractivity contribution in [3.8, 4) is 28.0 Å². The normalized spacial score (nSPS) is 11.2. The van der Waals surface area contributed by atoms with Crippen LogP contribution in [0, 0.1) is 0 Å². The molecule has 0 bridgehead atoms. The Morgan fingerprint density at radius 2 is 1.41 bits per heavy atom. The van der Waals surface area contributed by atoms with Crippen molar-refractivity contribution in [2.24, 2.45) is 0 Å². The average molecular weight is 463 g/mol. The van der Waals surface area contributed by atoms with Gasteiger partial charge in [0.2, 0.25) is 0 Å². The Kier molecular flexibility index (Phi) is 5.17. The molecule has 0 saturated heterocycles. The molecule has 5 aromatic rings. The molecule has 32 heavy (non-hydrogen) atoms. The molecule has 158 valence electrons. The first-order chi connectivity index (χ1) is 15.5. The second kappa shape index (κ2) is 8.15. The number of halogens is 2. The van der Waals surface area contributed by atoms with Gasteiger partial charge in [0.05, 0.1) is 12.7 Å². The molecule has 0 saturated carbocycles. The second-order valence-electron chi connectivity index (χ2n) is 7.29. The number of benzene rings is 3. The molecule has 2 heterocycles. The van der Waals surface area contributed by atoms with Crippen LogP contribution in [0.2, 0.25) is 10.0 Å². The van der Waals surface area contributed by atoms with Crippen molar-refractivity contribution < 1.29 is 5.11 Å². The molecule has 0 unspecified atom stereocenters. The maximum absolute atomic E-state index is 13.0. The van der Waals surface area contributed by atoms with E-state index in [-0.39, 0.29) is 18.0 Å². The smallest absolute Gasteiger partial charge is 0.367 e. The number of aromatic nitrogens is 4. The van der Waals surface area contributed by atoms with E-state index in [0.29, 0.717) is 15.7 Å². The van der Waals surface area contributed by atoms with Crippen LogP contribution in [0.5, 0.6) is 5.75 Å². The SMILES string of the molecule is O=c1n(Cc2ccc(O)cc2)nc2c(-c3ccc(Cl)cc3)c(-c3ccc(Cl)cc3)cnn12. The first-order valence-corrected chi connectivity index (χ1v) is 10.5. The minimum atomic E-state index is -0.356. The molecule has 0 aliphatic rings. The van der Waals surface area contributed by atoms with Gasteiger partial charge in [-0.25, -0.2) is 9.48 Å². The van der Waals surface area contributed by atoms with Crippen LogP contribution < -0.4 is 5.69 Å². The monoisotopic (exact) mass is 462 g/mol. The summed E-state index contributed by atoms with van der Waals surface area (Å²) in [6.07, 6.45) is 1.66. The molecular weight excluding hydrogens is 447 g/mol. The highest BCUT2D eigenvalue weighted by molar-refractivity contribution is 6.31. The summed E-state index contributed by atoms with van der Waals surface area (Å²) >= 11 is 12.2. The fraction of sp³-hybridized carbons (Fsp3) is 0.0417. The zero-order chi connectivity index (χ0) is 22.2. The molecule has 0 aliphatic heterocycles. The summed E-state index contributed by atoms with van der Waals surface area (Å²) in [7, 11) is 0. The Morgan fingerprint density at radius 3 is 2.03 bits per heavy atom. The van der Waals surface area contributed by atoms with Gasteiger partial charge in [0.1, 0.15) is 5.75 Å². The third kappa shape index (κ3) is 3.75. The lowest BCUT2D eigenvalue weighted by Crippen LogP contribution is -2.22. The Hall–Kier alpha value is -3.61. The van der Waals surface area contributed by atoms with Crippen LogP contribution in [-0.2, 0) is 6.54 Å². The van der Waals surface area contributed by atoms with Gasteiger partial charge in [-0.3, -0.25) is 0 Å². The number of fused-ring (bicyclic) bond motifs is 1. The first-order valence-electron chi connectivity index (χ1n) is 9.78. The summed E-state index contributed by atoms with van der Waals surface area (Å²) in [4.78, 5) is 13.0. The Balaban J connectivity index is 1.73. The predicted octanol–water partition coefficient (Wildman–Crippen LogP) is 5.29. The van der Waals surface area contributed by atoms with Gasteiger partial charge < -0.3 is 5.11 Å². The van der Waals surface area contributed by atoms with Crippen molar-refractivity contribution in [3.63, 3.8) is 0 Å². The third-order valence-corrected chi connectivity index (χ3v) is 5.67. The van der Waals surface area contributed by atoms with Crippen LogP contribution in [-0.4, -0.2) is 24.5 Å². The number of hydrogen-bond donors (Lipinski definition) is 1. The number of aromatic hydroxyl groups is 1. The average Bonchev–Trinajstić information content (AvgIpc) is 3.11. The van der Waals surface area contributed by atoms with Gasteiger partial charge in [0.25, 0.3) is 0 Å². The molecule has 0 radical (unpaired) electrons. The molecule has 8 heteroatoms. The van der Waals surface area contributed by atoms with Gasteiger partial charge >= 0.3 is 5.69 Å². The Morgan fingerprint density at radius 1 is 0.812 bits per heavy atom. The minimum Gasteiger partial charge on any atom is -0.508 e. The maximum atomic E-state index is 13.0. The summed E-state index contributed by atoms with van der Waals surface area (Å²) < 4.78 is 2.66. The lowest BCUT2D eigenvalue weighted by Gasteiger charge is -2.11. The minimum absolute atomic E-state index is 0.162. The summed E-state index contributed by atoms with van der Waals surface area (Å²) in [6, 6.07) is 21.4. The van der Waals surface area contributed by atoms with E-state index in [9.17, 15) is 9.90 Å². The van der Waals surface area contributed by atoms with E-state index in [1.54, 1.807) is 42.6 Å². The van der Waals surface area contributed by atoms with Crippen LogP contribution in [0.4, 0.5) is 0 Å². The lowest BCUT2D eigenvalue weighted by atomic mass is 9.97. The van der Waals surface area contributed by atoms with Crippen LogP contribution in [0.3, 0.4) is 0 Å². The first kappa shape index (κ1) is 20.3. The van der Waals surface area contributed by atoms with Gasteiger partial charge in [0.15, 0.2) is 5.65 Å². The van der Waals surface area contributed by atoms with E-state index in [1.165, 1.54) is 9.20 Å². The highest BCUT2D eigenvalue weighted by atomic mass is 35.5. The summed E-state index contributed by atoms with van der Waals surface area (Å²) in [5.74, 6) is 0.162. The molecular formula is C24H16Cl2N4O2. The van der Waals surface area contributed by atoms with Crippen LogP contribution in [0.1, 0.15) is 5.56 Å². The van der Waals surface area contributed by atoms with E-state index in [2.05, 4.69) is 10.2 Å². The number of rotatable bonds is 4. The van der Waals surface area contributed by atoms with Crippen molar-refractivity contribution in [1.82, 2.24) is 19.4 Å². The molecule has 0 aliphatic carbocycles. The van der Waals surface area contributed by atoms with Gasteiger partial charge in [0, 0.05) is 21.2 Å². The molecule has 3 aromatic carbocycles. The molecule has 1 N–H and O–H groups in total. The number of nitrogens with zero attached hydrogens (tertiary/aromatic N) is 4. The lowest BCUT2D eigenvalue weighted by molar-refractivity contribution is 0.475. The largest absolute Gasteiger partial charge is 0.508 e. The Bertz CT molecular complexity index is 1470. The van der Waals surface area contributed by atoms with E-state index < -0.39 is 0 Å². The standard InChI is InChI=1S/C24H16Cl2N4O2/c25-18-7-3-16(4-8-18)21-13-27-30-23(22(21)17-5-9-19(26)10-6-17)28-29(24(30)32)14-15-1-11-20(31)12-2-15/h1-13,31H,14H2. The summed E-state index contributed by atoms with van der Waals surface area (Å²) in [5.41, 5.74) is 4.25. The van der Waals surface area contributed by atoms with Gasteiger partial charge in [-0.2, -0.15) is 9.61 Å². The number of phenols is 1. The highest BCUT2D eigenvalue weighted by Crippen LogP contribution is 2.35. The topological polar surface area (TPSA) is 72.4 Å². The third-order valence-electron chi connectivity index (χ3n) is 5.17. The number of phenolic OH excluding ortho intramolecular Hbond substituents is 1. The zero-order valence-electron chi connectivity index (χ0n) is 16.6. The number of hydrogen-bond acceptors (Lipinski definition) is 4. The molecule has 0 spiro atoms. The van der Waals surface area contributed by atoms with Crippen LogP contribution in [0.25, 0.3) is 27.9 Å². The fourth-order valence-electron chi connectivity index (χ4n) is 3.59. The summed E-state index contributed by atoms with van der Waals surface area (Å²) in [6.45, 7) is 0.249. The van der Waals surface area contributed by atoms with E-state index in [0.717, 1.165) is 27.8 Å². The maximum Gasteiger partial charge on any atom is 0.367 e. The zero-order valence-corrected chi connectivity index (χ0v) is 18.1. The van der Waals surface area contributed by atoms with Gasteiger partial charge in [-0.1, -0.05) is 59.6 Å². The van der Waals surface area contributed by atoms with Crippen molar-refractivity contribution >= 4 is 28.8 Å². The summed E-state index contributed by atoms with van der Waals surface area (Å²) in [5, 5.41) is 19.8. The molecule has 2 aromatic heterocycles. The second-order valence-corrected chi connectivity index (χ2v) is 8.16. The fourth-order valence-corrected chi connectivity index (χ4v) is 3.84. The molecule has 0 amide bonds. The van der Waals surface area contributed by atoms with Crippen molar-refractivity contribution in [3.05, 3.63) is 105 Å². The van der Waals surface area contributed by atoms with Gasteiger partial charge in [-0.15, -0.1) is 5.10 Å². The molecule has 5 rings (SSSR count). The van der Waals surface area contributed by atoms with Gasteiger partial charge in [-0.05, 0) is 53.1 Å². The van der Waals surface area contributed by atoms with E-state index in [1.807, 2.05) is 36.4 Å². The van der Waals surface area contributed by atoms with Crippen molar-refractivity contribution in [1.29, 1.82) is 0 Å². The van der Waals surface area contributed by atoms with Crippen LogP contribution in [0.15, 0.2) is 83.8 Å². The van der Waals surface area contributed by atoms with Crippen LogP contribution >= 0.6 is 23.2 Å². The van der Waals surface area contributed by atoms with Crippen molar-refractivity contribution in [2.75, 3.05) is 0 Å². The molecule has 0 fully saturated rings. The van der Waals surface area contributed by atoms with E-state index in [4.69, 9.17) is 23.2 Å². The molecule has 0 atom stereocenters. The molecule has 6 nitrogen and oxygen atoms in total.